The summed E-state index contributed by atoms with van der Waals surface area (Å²) in [5.41, 5.74) is -2.84. The lowest BCUT2D eigenvalue weighted by atomic mass is 10.0. The molecule has 0 radical (unpaired) electrons. The van der Waals surface area contributed by atoms with Crippen molar-refractivity contribution >= 4 is 11.0 Å². The lowest BCUT2D eigenvalue weighted by molar-refractivity contribution is 0.323. The van der Waals surface area contributed by atoms with E-state index in [9.17, 15) is 40.5 Å². The normalized spacial score (nSPS) is 11.0. The van der Waals surface area contributed by atoms with Gasteiger partial charge in [-0.2, -0.15) is 0 Å². The molecule has 3 aromatic rings. The summed E-state index contributed by atoms with van der Waals surface area (Å²) < 4.78 is 4.85. The fourth-order valence-electron chi connectivity index (χ4n) is 2.33. The molecule has 1 aromatic heterocycles. The van der Waals surface area contributed by atoms with Crippen molar-refractivity contribution < 1.29 is 40.2 Å². The van der Waals surface area contributed by atoms with Gasteiger partial charge in [-0.1, -0.05) is 6.07 Å². The van der Waals surface area contributed by atoms with Crippen molar-refractivity contribution in [3.63, 3.8) is 0 Å². The Kier molecular flexibility index (Phi) is 3.08. The van der Waals surface area contributed by atoms with E-state index in [-0.39, 0.29) is 5.56 Å². The van der Waals surface area contributed by atoms with Gasteiger partial charge in [0.1, 0.15) is 10.9 Å². The third-order valence-electron chi connectivity index (χ3n) is 3.50. The fraction of sp³-hybridized carbons (Fsp3) is 0. The molecule has 24 heavy (non-hydrogen) atoms. The maximum absolute atomic E-state index is 12.6. The number of hydrogen-bond acceptors (Lipinski definition) is 9. The van der Waals surface area contributed by atoms with Crippen LogP contribution in [0.15, 0.2) is 27.4 Å². The molecule has 0 bridgehead atoms. The second-order valence-electron chi connectivity index (χ2n) is 4.88. The van der Waals surface area contributed by atoms with Crippen LogP contribution in [0.1, 0.15) is 0 Å². The van der Waals surface area contributed by atoms with E-state index < -0.39 is 62.4 Å². The van der Waals surface area contributed by atoms with Gasteiger partial charge >= 0.3 is 0 Å². The van der Waals surface area contributed by atoms with Gasteiger partial charge in [-0.05, 0) is 12.1 Å². The molecule has 9 heteroatoms. The maximum atomic E-state index is 12.6. The topological polar surface area (TPSA) is 172 Å². The second kappa shape index (κ2) is 4.88. The molecule has 0 saturated heterocycles. The van der Waals surface area contributed by atoms with Crippen molar-refractivity contribution in [1.82, 2.24) is 0 Å². The Morgan fingerprint density at radius 2 is 1.38 bits per heavy atom. The first-order valence-corrected chi connectivity index (χ1v) is 6.42. The van der Waals surface area contributed by atoms with E-state index in [4.69, 9.17) is 4.42 Å². The summed E-state index contributed by atoms with van der Waals surface area (Å²) in [4.78, 5) is 12.6. The third kappa shape index (κ3) is 1.85. The van der Waals surface area contributed by atoms with E-state index >= 15 is 0 Å². The highest BCUT2D eigenvalue weighted by Gasteiger charge is 2.27. The summed E-state index contributed by atoms with van der Waals surface area (Å²) in [5.74, 6) is -6.82. The van der Waals surface area contributed by atoms with Crippen molar-refractivity contribution in [1.29, 1.82) is 0 Å². The van der Waals surface area contributed by atoms with Gasteiger partial charge in [-0.15, -0.1) is 0 Å². The first-order valence-electron chi connectivity index (χ1n) is 6.42. The molecule has 2 aromatic carbocycles. The number of phenols is 6. The molecule has 1 heterocycles. The first-order chi connectivity index (χ1) is 11.3. The summed E-state index contributed by atoms with van der Waals surface area (Å²) in [7, 11) is 0. The molecule has 9 nitrogen and oxygen atoms in total. The zero-order chi connectivity index (χ0) is 17.8. The minimum Gasteiger partial charge on any atom is -0.504 e. The highest BCUT2D eigenvalue weighted by atomic mass is 16.5. The molecule has 3 rings (SSSR count). The molecule has 0 aliphatic heterocycles. The van der Waals surface area contributed by atoms with E-state index in [2.05, 4.69) is 0 Å². The Morgan fingerprint density at radius 3 is 2.04 bits per heavy atom. The molecular formula is C15H10O9. The smallest absolute Gasteiger partial charge is 0.294 e. The standard InChI is InChI=1S/C15H10O9/c16-5-3-1-2-4(8(5)17)6-9(18)7-10(19)11(20)12(21)13(22)14(7)24-15(6)23/h1-3,16-17,19-23H. The van der Waals surface area contributed by atoms with Gasteiger partial charge in [0.2, 0.25) is 22.7 Å². The van der Waals surface area contributed by atoms with Gasteiger partial charge in [0, 0.05) is 5.56 Å². The number of benzene rings is 2. The van der Waals surface area contributed by atoms with Crippen LogP contribution in [-0.2, 0) is 0 Å². The Balaban J connectivity index is 2.53. The van der Waals surface area contributed by atoms with Crippen LogP contribution in [0, 0.1) is 0 Å². The molecule has 0 saturated carbocycles. The van der Waals surface area contributed by atoms with Crippen LogP contribution in [0.2, 0.25) is 0 Å². The molecule has 0 spiro atoms. The summed E-state index contributed by atoms with van der Waals surface area (Å²) in [6.07, 6.45) is 0. The Morgan fingerprint density at radius 1 is 0.750 bits per heavy atom. The number of para-hydroxylation sites is 1. The summed E-state index contributed by atoms with van der Waals surface area (Å²) in [6.45, 7) is 0. The largest absolute Gasteiger partial charge is 0.504 e. The van der Waals surface area contributed by atoms with Crippen molar-refractivity contribution in [2.24, 2.45) is 0 Å². The predicted molar refractivity (Wildman–Crippen MR) is 79.6 cm³/mol. The average molecular weight is 334 g/mol. The summed E-state index contributed by atoms with van der Waals surface area (Å²) in [6, 6.07) is 3.59. The van der Waals surface area contributed by atoms with E-state index in [0.717, 1.165) is 6.07 Å². The molecule has 7 N–H and O–H groups in total. The SMILES string of the molecule is O=c1c(-c2cccc(O)c2O)c(O)oc2c(O)c(O)c(O)c(O)c12. The molecular weight excluding hydrogens is 324 g/mol. The lowest BCUT2D eigenvalue weighted by Crippen LogP contribution is -2.06. The number of hydrogen-bond donors (Lipinski definition) is 7. The summed E-state index contributed by atoms with van der Waals surface area (Å²) >= 11 is 0. The Hall–Kier alpha value is -3.75. The van der Waals surface area contributed by atoms with E-state index in [0.29, 0.717) is 0 Å². The van der Waals surface area contributed by atoms with E-state index in [1.807, 2.05) is 0 Å². The number of rotatable bonds is 1. The van der Waals surface area contributed by atoms with Crippen LogP contribution in [0.25, 0.3) is 22.1 Å². The Labute approximate surface area is 132 Å². The number of aromatic hydroxyl groups is 7. The molecule has 124 valence electrons. The van der Waals surface area contributed by atoms with Gasteiger partial charge < -0.3 is 40.2 Å². The lowest BCUT2D eigenvalue weighted by Gasteiger charge is -2.11. The molecule has 0 atom stereocenters. The molecule has 0 aliphatic rings. The van der Waals surface area contributed by atoms with Crippen LogP contribution in [0.3, 0.4) is 0 Å². The van der Waals surface area contributed by atoms with Gasteiger partial charge in [-0.3, -0.25) is 4.79 Å². The minimum absolute atomic E-state index is 0.311. The van der Waals surface area contributed by atoms with Gasteiger partial charge in [0.15, 0.2) is 22.8 Å². The quantitative estimate of drug-likeness (QED) is 0.256. The van der Waals surface area contributed by atoms with E-state index in [1.54, 1.807) is 0 Å². The van der Waals surface area contributed by atoms with E-state index in [1.165, 1.54) is 12.1 Å². The molecule has 0 fully saturated rings. The second-order valence-corrected chi connectivity index (χ2v) is 4.88. The van der Waals surface area contributed by atoms with Crippen molar-refractivity contribution in [2.45, 2.75) is 0 Å². The predicted octanol–water partition coefficient (Wildman–Crippen LogP) is 1.40. The van der Waals surface area contributed by atoms with Gasteiger partial charge in [0.25, 0.3) is 5.95 Å². The van der Waals surface area contributed by atoms with Crippen molar-refractivity contribution in [2.75, 3.05) is 0 Å². The van der Waals surface area contributed by atoms with Crippen LogP contribution < -0.4 is 5.43 Å². The highest BCUT2D eigenvalue weighted by Crippen LogP contribution is 2.49. The molecule has 0 aliphatic carbocycles. The van der Waals surface area contributed by atoms with Gasteiger partial charge in [-0.25, -0.2) is 0 Å². The number of fused-ring (bicyclic) bond motifs is 1. The molecule has 0 unspecified atom stereocenters. The first kappa shape index (κ1) is 15.2. The van der Waals surface area contributed by atoms with Crippen molar-refractivity contribution in [3.05, 3.63) is 28.4 Å². The maximum Gasteiger partial charge on any atom is 0.294 e. The zero-order valence-corrected chi connectivity index (χ0v) is 11.7. The number of phenolic OH excluding ortho intramolecular Hbond substituents is 6. The summed E-state index contributed by atoms with van der Waals surface area (Å²) in [5, 5.41) is 67.1. The minimum atomic E-state index is -1.16. The van der Waals surface area contributed by atoms with Crippen LogP contribution in [0.4, 0.5) is 0 Å². The third-order valence-corrected chi connectivity index (χ3v) is 3.50. The average Bonchev–Trinajstić information content (AvgIpc) is 2.54. The highest BCUT2D eigenvalue weighted by molar-refractivity contribution is 5.97. The zero-order valence-electron chi connectivity index (χ0n) is 11.7. The Bertz CT molecular complexity index is 1050. The molecule has 0 amide bonds. The van der Waals surface area contributed by atoms with Crippen LogP contribution in [-0.4, -0.2) is 35.7 Å². The fourth-order valence-corrected chi connectivity index (χ4v) is 2.33. The van der Waals surface area contributed by atoms with Crippen molar-refractivity contribution in [3.8, 4) is 51.6 Å². The monoisotopic (exact) mass is 334 g/mol. The van der Waals surface area contributed by atoms with Gasteiger partial charge in [0.05, 0.1) is 0 Å². The van der Waals surface area contributed by atoms with Crippen LogP contribution in [0.5, 0.6) is 40.4 Å². The van der Waals surface area contributed by atoms with Crippen LogP contribution >= 0.6 is 0 Å².